The van der Waals surface area contributed by atoms with Crippen molar-refractivity contribution in [2.45, 2.75) is 16.2 Å². The number of rotatable bonds is 4. The van der Waals surface area contributed by atoms with Crippen LogP contribution in [0.5, 0.6) is 0 Å². The summed E-state index contributed by atoms with van der Waals surface area (Å²) in [5.41, 5.74) is -0.00450. The number of nitro groups is 1. The Kier molecular flexibility index (Phi) is 4.00. The molecular formula is C11H7FN2O4S2. The van der Waals surface area contributed by atoms with E-state index in [2.05, 4.69) is 4.98 Å². The first-order valence-corrected chi connectivity index (χ1v) is 6.83. The van der Waals surface area contributed by atoms with Crippen molar-refractivity contribution >= 4 is 34.8 Å². The molecule has 20 heavy (non-hydrogen) atoms. The lowest BCUT2D eigenvalue weighted by molar-refractivity contribution is -0.385. The lowest BCUT2D eigenvalue weighted by Crippen LogP contribution is -1.94. The molecule has 0 aliphatic heterocycles. The van der Waals surface area contributed by atoms with E-state index in [4.69, 9.17) is 5.11 Å². The maximum atomic E-state index is 13.3. The summed E-state index contributed by atoms with van der Waals surface area (Å²) in [6.45, 7) is 1.55. The molecule has 0 amide bonds. The number of aromatic carboxylic acids is 1. The quantitative estimate of drug-likeness (QED) is 0.687. The molecule has 6 nitrogen and oxygen atoms in total. The van der Waals surface area contributed by atoms with Crippen LogP contribution in [0, 0.1) is 22.9 Å². The predicted molar refractivity (Wildman–Crippen MR) is 71.0 cm³/mol. The van der Waals surface area contributed by atoms with E-state index in [1.54, 1.807) is 6.92 Å². The fourth-order valence-corrected chi connectivity index (χ4v) is 3.51. The highest BCUT2D eigenvalue weighted by molar-refractivity contribution is 8.01. The Morgan fingerprint density at radius 3 is 2.75 bits per heavy atom. The molecule has 0 aliphatic rings. The van der Waals surface area contributed by atoms with Crippen molar-refractivity contribution in [3.8, 4) is 0 Å². The molecule has 0 aliphatic carbocycles. The van der Waals surface area contributed by atoms with Crippen LogP contribution in [0.25, 0.3) is 0 Å². The molecule has 0 saturated heterocycles. The Bertz CT molecular complexity index is 702. The number of carbonyl (C=O) groups is 1. The van der Waals surface area contributed by atoms with E-state index in [0.717, 1.165) is 35.2 Å². The molecule has 9 heteroatoms. The first-order chi connectivity index (χ1) is 9.36. The third-order valence-electron chi connectivity index (χ3n) is 2.24. The van der Waals surface area contributed by atoms with Crippen molar-refractivity contribution in [2.75, 3.05) is 0 Å². The lowest BCUT2D eigenvalue weighted by Gasteiger charge is -1.98. The van der Waals surface area contributed by atoms with Gasteiger partial charge in [-0.15, -0.1) is 11.3 Å². The topological polar surface area (TPSA) is 93.3 Å². The Morgan fingerprint density at radius 2 is 2.20 bits per heavy atom. The van der Waals surface area contributed by atoms with Gasteiger partial charge in [0.25, 0.3) is 5.69 Å². The molecule has 0 fully saturated rings. The van der Waals surface area contributed by atoms with Gasteiger partial charge in [0.15, 0.2) is 4.34 Å². The normalized spacial score (nSPS) is 10.5. The largest absolute Gasteiger partial charge is 0.477 e. The van der Waals surface area contributed by atoms with E-state index in [1.807, 2.05) is 0 Å². The van der Waals surface area contributed by atoms with E-state index < -0.39 is 16.7 Å². The molecule has 104 valence electrons. The average molecular weight is 314 g/mol. The number of carboxylic acid groups (broad SMARTS) is 1. The molecule has 0 bridgehead atoms. The highest BCUT2D eigenvalue weighted by Gasteiger charge is 2.16. The second-order valence-corrected chi connectivity index (χ2v) is 6.02. The summed E-state index contributed by atoms with van der Waals surface area (Å²) < 4.78 is 13.7. The Labute approximate surface area is 120 Å². The van der Waals surface area contributed by atoms with Gasteiger partial charge in [-0.05, 0) is 13.0 Å². The molecule has 0 spiro atoms. The van der Waals surface area contributed by atoms with Gasteiger partial charge >= 0.3 is 5.97 Å². The number of carboxylic acids is 1. The number of hydrogen-bond donors (Lipinski definition) is 1. The van der Waals surface area contributed by atoms with Gasteiger partial charge in [-0.3, -0.25) is 10.1 Å². The fourth-order valence-electron chi connectivity index (χ4n) is 1.43. The van der Waals surface area contributed by atoms with Crippen LogP contribution in [0.1, 0.15) is 15.4 Å². The van der Waals surface area contributed by atoms with Gasteiger partial charge in [-0.1, -0.05) is 11.8 Å². The standard InChI is InChI=1S/C11H7FN2O4S2/c1-5-9(10(15)16)20-11(13-5)19-8-3-6(12)2-7(4-8)14(17)18/h2-4H,1H3,(H,15,16). The number of nitro benzene ring substituents is 1. The summed E-state index contributed by atoms with van der Waals surface area (Å²) >= 11 is 1.93. The zero-order chi connectivity index (χ0) is 14.9. The van der Waals surface area contributed by atoms with E-state index in [0.29, 0.717) is 14.9 Å². The van der Waals surface area contributed by atoms with Crippen LogP contribution >= 0.6 is 23.1 Å². The first kappa shape index (κ1) is 14.4. The van der Waals surface area contributed by atoms with Crippen LogP contribution < -0.4 is 0 Å². The van der Waals surface area contributed by atoms with Crippen LogP contribution in [0.3, 0.4) is 0 Å². The van der Waals surface area contributed by atoms with E-state index in [9.17, 15) is 19.3 Å². The van der Waals surface area contributed by atoms with Gasteiger partial charge in [0.05, 0.1) is 16.7 Å². The molecule has 1 aromatic heterocycles. The Balaban J connectivity index is 2.32. The SMILES string of the molecule is Cc1nc(Sc2cc(F)cc([N+](=O)[O-])c2)sc1C(=O)O. The highest BCUT2D eigenvalue weighted by atomic mass is 32.2. The molecule has 2 rings (SSSR count). The van der Waals surface area contributed by atoms with Crippen molar-refractivity contribution in [3.05, 3.63) is 44.7 Å². The summed E-state index contributed by atoms with van der Waals surface area (Å²) in [4.78, 5) is 25.3. The second kappa shape index (κ2) is 5.55. The highest BCUT2D eigenvalue weighted by Crippen LogP contribution is 2.34. The summed E-state index contributed by atoms with van der Waals surface area (Å²) in [5.74, 6) is -1.81. The minimum atomic E-state index is -1.09. The molecule has 1 N–H and O–H groups in total. The molecule has 1 heterocycles. The van der Waals surface area contributed by atoms with E-state index in [1.165, 1.54) is 6.07 Å². The molecule has 2 aromatic rings. The third kappa shape index (κ3) is 3.11. The maximum Gasteiger partial charge on any atom is 0.347 e. The maximum absolute atomic E-state index is 13.3. The molecule has 0 atom stereocenters. The van der Waals surface area contributed by atoms with Gasteiger partial charge in [0.1, 0.15) is 10.7 Å². The number of non-ortho nitro benzene ring substituents is 1. The smallest absolute Gasteiger partial charge is 0.347 e. The van der Waals surface area contributed by atoms with E-state index in [-0.39, 0.29) is 10.6 Å². The van der Waals surface area contributed by atoms with Gasteiger partial charge < -0.3 is 5.11 Å². The van der Waals surface area contributed by atoms with Crippen LogP contribution in [-0.4, -0.2) is 21.0 Å². The van der Waals surface area contributed by atoms with Crippen molar-refractivity contribution < 1.29 is 19.2 Å². The molecule has 0 radical (unpaired) electrons. The predicted octanol–water partition coefficient (Wildman–Crippen LogP) is 3.35. The van der Waals surface area contributed by atoms with Gasteiger partial charge in [-0.25, -0.2) is 14.2 Å². The summed E-state index contributed by atoms with van der Waals surface area (Å²) in [6, 6.07) is 3.17. The first-order valence-electron chi connectivity index (χ1n) is 5.20. The molecule has 1 aromatic carbocycles. The van der Waals surface area contributed by atoms with Gasteiger partial charge in [0, 0.05) is 11.0 Å². The minimum absolute atomic E-state index is 0.0957. The number of thiazole rings is 1. The summed E-state index contributed by atoms with van der Waals surface area (Å²) in [5, 5.41) is 19.6. The van der Waals surface area contributed by atoms with Crippen LogP contribution in [0.15, 0.2) is 27.4 Å². The number of nitrogens with zero attached hydrogens (tertiary/aromatic N) is 2. The second-order valence-electron chi connectivity index (χ2n) is 3.70. The molecule has 0 saturated carbocycles. The average Bonchev–Trinajstić information content (AvgIpc) is 2.69. The lowest BCUT2D eigenvalue weighted by atomic mass is 10.3. The van der Waals surface area contributed by atoms with E-state index >= 15 is 0 Å². The van der Waals surface area contributed by atoms with Gasteiger partial charge in [0.2, 0.25) is 0 Å². The molecule has 0 unspecified atom stereocenters. The van der Waals surface area contributed by atoms with Crippen molar-refractivity contribution in [3.63, 3.8) is 0 Å². The van der Waals surface area contributed by atoms with Crippen LogP contribution in [0.4, 0.5) is 10.1 Å². The Morgan fingerprint density at radius 1 is 1.50 bits per heavy atom. The zero-order valence-electron chi connectivity index (χ0n) is 9.99. The number of hydrogen-bond acceptors (Lipinski definition) is 6. The van der Waals surface area contributed by atoms with Gasteiger partial charge in [-0.2, -0.15) is 0 Å². The van der Waals surface area contributed by atoms with Crippen LogP contribution in [-0.2, 0) is 0 Å². The monoisotopic (exact) mass is 314 g/mol. The minimum Gasteiger partial charge on any atom is -0.477 e. The third-order valence-corrected chi connectivity index (χ3v) is 4.42. The fraction of sp³-hybridized carbons (Fsp3) is 0.0909. The van der Waals surface area contributed by atoms with Crippen molar-refractivity contribution in [1.82, 2.24) is 4.98 Å². The Hall–Kier alpha value is -2.00. The number of benzene rings is 1. The summed E-state index contributed by atoms with van der Waals surface area (Å²) in [6.07, 6.45) is 0. The van der Waals surface area contributed by atoms with Crippen LogP contribution in [0.2, 0.25) is 0 Å². The number of aryl methyl sites for hydroxylation is 1. The summed E-state index contributed by atoms with van der Waals surface area (Å²) in [7, 11) is 0. The number of halogens is 1. The molecular weight excluding hydrogens is 307 g/mol. The van der Waals surface area contributed by atoms with Crippen molar-refractivity contribution in [2.24, 2.45) is 0 Å². The zero-order valence-corrected chi connectivity index (χ0v) is 11.6. The van der Waals surface area contributed by atoms with Crippen molar-refractivity contribution in [1.29, 1.82) is 0 Å². The number of aromatic nitrogens is 1.